The van der Waals surface area contributed by atoms with Gasteiger partial charge in [-0.1, -0.05) is 84.9 Å². The topological polar surface area (TPSA) is 28.7 Å². The average Bonchev–Trinajstić information content (AvgIpc) is 3.24. The lowest BCUT2D eigenvalue weighted by Gasteiger charge is -2.26. The molecule has 32 heavy (non-hydrogen) atoms. The summed E-state index contributed by atoms with van der Waals surface area (Å²) in [6.45, 7) is 2.12. The molecule has 2 nitrogen and oxygen atoms in total. The molecule has 0 amide bonds. The van der Waals surface area contributed by atoms with Crippen molar-refractivity contribution in [1.29, 1.82) is 0 Å². The molecule has 5 rings (SSSR count). The summed E-state index contributed by atoms with van der Waals surface area (Å²) >= 11 is 0. The maximum Gasteiger partial charge on any atom is 0.146 e. The Balaban J connectivity index is 1.71. The van der Waals surface area contributed by atoms with Crippen LogP contribution in [0.1, 0.15) is 11.5 Å². The Labute approximate surface area is 190 Å². The second-order valence-corrected chi connectivity index (χ2v) is 11.5. The number of nitrogens with zero attached hydrogens (tertiary/aromatic N) is 1. The molecule has 0 saturated carbocycles. The van der Waals surface area contributed by atoms with Gasteiger partial charge in [0.25, 0.3) is 0 Å². The summed E-state index contributed by atoms with van der Waals surface area (Å²) < 4.78 is 0. The van der Waals surface area contributed by atoms with Crippen LogP contribution in [0.25, 0.3) is 11.3 Å². The van der Waals surface area contributed by atoms with E-state index in [2.05, 4.69) is 127 Å². The number of aromatic nitrogens is 2. The zero-order valence-corrected chi connectivity index (χ0v) is 19.0. The fraction of sp³-hybridized carbons (Fsp3) is 0.0690. The lowest BCUT2D eigenvalue weighted by atomic mass is 10.1. The summed E-state index contributed by atoms with van der Waals surface area (Å²) in [6, 6.07) is 43.3. The highest BCUT2D eigenvalue weighted by Gasteiger charge is 2.46. The number of benzene rings is 4. The highest BCUT2D eigenvalue weighted by Crippen LogP contribution is 2.57. The number of hydrogen-bond acceptors (Lipinski definition) is 1. The molecule has 0 aliphatic rings. The molecule has 3 heteroatoms. The third kappa shape index (κ3) is 3.79. The van der Waals surface area contributed by atoms with E-state index in [-0.39, 0.29) is 0 Å². The van der Waals surface area contributed by atoms with Crippen molar-refractivity contribution in [3.63, 3.8) is 0 Å². The zero-order chi connectivity index (χ0) is 21.8. The number of imidazole rings is 1. The smallest absolute Gasteiger partial charge is 0.146 e. The van der Waals surface area contributed by atoms with Crippen molar-refractivity contribution < 1.29 is 0 Å². The van der Waals surface area contributed by atoms with Crippen molar-refractivity contribution in [3.05, 3.63) is 133 Å². The Morgan fingerprint density at radius 2 is 1.00 bits per heavy atom. The Kier molecular flexibility index (Phi) is 5.71. The average molecular weight is 434 g/mol. The lowest BCUT2D eigenvalue weighted by Crippen LogP contribution is -2.32. The monoisotopic (exact) mass is 433 g/mol. The van der Waals surface area contributed by atoms with E-state index in [1.807, 2.05) is 6.07 Å². The van der Waals surface area contributed by atoms with Crippen LogP contribution in [0.15, 0.2) is 121 Å². The first-order valence-corrected chi connectivity index (χ1v) is 12.9. The van der Waals surface area contributed by atoms with Crippen LogP contribution >= 0.6 is 7.26 Å². The van der Waals surface area contributed by atoms with Crippen LogP contribution in [-0.4, -0.2) is 9.97 Å². The number of hydrogen-bond donors (Lipinski definition) is 1. The highest BCUT2D eigenvalue weighted by molar-refractivity contribution is 7.95. The molecule has 156 valence electrons. The number of rotatable bonds is 6. The molecule has 0 saturated heterocycles. The molecule has 0 fully saturated rings. The van der Waals surface area contributed by atoms with Gasteiger partial charge >= 0.3 is 0 Å². The van der Waals surface area contributed by atoms with E-state index in [0.717, 1.165) is 28.9 Å². The van der Waals surface area contributed by atoms with Crippen molar-refractivity contribution in [2.24, 2.45) is 0 Å². The van der Waals surface area contributed by atoms with Gasteiger partial charge in [0.15, 0.2) is 0 Å². The first kappa shape index (κ1) is 20.4. The highest BCUT2D eigenvalue weighted by atomic mass is 31.2. The molecule has 1 N–H and O–H groups in total. The fourth-order valence-electron chi connectivity index (χ4n) is 4.47. The van der Waals surface area contributed by atoms with E-state index in [1.165, 1.54) is 15.9 Å². The van der Waals surface area contributed by atoms with Crippen molar-refractivity contribution in [1.82, 2.24) is 9.97 Å². The summed E-state index contributed by atoms with van der Waals surface area (Å²) in [5.41, 5.74) is 3.29. The number of aryl methyl sites for hydroxylation is 1. The Hall–Kier alpha value is -3.48. The van der Waals surface area contributed by atoms with Crippen molar-refractivity contribution >= 4 is 23.2 Å². The third-order valence-corrected chi connectivity index (χ3v) is 10.3. The van der Waals surface area contributed by atoms with Gasteiger partial charge in [-0.25, -0.2) is 4.98 Å². The van der Waals surface area contributed by atoms with Gasteiger partial charge in [-0.15, -0.1) is 0 Å². The predicted molar refractivity (Wildman–Crippen MR) is 138 cm³/mol. The number of aromatic amines is 1. The predicted octanol–water partition coefficient (Wildman–Crippen LogP) is 5.88. The number of nitrogens with one attached hydrogen (secondary N) is 1. The van der Waals surface area contributed by atoms with Crippen LogP contribution < -0.4 is 15.9 Å². The van der Waals surface area contributed by atoms with E-state index >= 15 is 0 Å². The lowest BCUT2D eigenvalue weighted by molar-refractivity contribution is 1.10. The van der Waals surface area contributed by atoms with E-state index < -0.39 is 7.26 Å². The molecule has 0 spiro atoms. The number of H-pyrrole nitrogens is 1. The van der Waals surface area contributed by atoms with Gasteiger partial charge in [0, 0.05) is 11.3 Å². The van der Waals surface area contributed by atoms with Crippen molar-refractivity contribution in [3.8, 4) is 11.3 Å². The maximum atomic E-state index is 5.11. The summed E-state index contributed by atoms with van der Waals surface area (Å²) in [6.07, 6.45) is 0.846. The van der Waals surface area contributed by atoms with Crippen LogP contribution in [-0.2, 0) is 6.16 Å². The molecule has 0 bridgehead atoms. The molecule has 0 atom stereocenters. The summed E-state index contributed by atoms with van der Waals surface area (Å²) in [5, 5.41) is 4.10. The van der Waals surface area contributed by atoms with E-state index in [4.69, 9.17) is 4.98 Å². The molecule has 0 unspecified atom stereocenters. The third-order valence-electron chi connectivity index (χ3n) is 5.96. The van der Waals surface area contributed by atoms with Crippen molar-refractivity contribution in [2.45, 2.75) is 13.1 Å². The van der Waals surface area contributed by atoms with Crippen LogP contribution in [0.2, 0.25) is 0 Å². The Morgan fingerprint density at radius 3 is 1.44 bits per heavy atom. The molecule has 0 aliphatic heterocycles. The van der Waals surface area contributed by atoms with Crippen LogP contribution in [0.3, 0.4) is 0 Å². The summed E-state index contributed by atoms with van der Waals surface area (Å²) in [7, 11) is -1.97. The normalized spacial score (nSPS) is 11.4. The Bertz CT molecular complexity index is 1180. The van der Waals surface area contributed by atoms with Gasteiger partial charge in [0.2, 0.25) is 0 Å². The van der Waals surface area contributed by atoms with Crippen LogP contribution in [0.4, 0.5) is 0 Å². The Morgan fingerprint density at radius 1 is 0.594 bits per heavy atom. The first-order chi connectivity index (χ1) is 15.8. The summed E-state index contributed by atoms with van der Waals surface area (Å²) in [4.78, 5) is 8.74. The van der Waals surface area contributed by atoms with Gasteiger partial charge in [0.05, 0.1) is 5.69 Å². The molecule has 1 heterocycles. The standard InChI is InChI=1S/C29H26N2P/c1-23-29(24-14-6-2-7-15-24)31-28(30-23)22-32(25-16-8-3-9-17-25,26-18-10-4-11-19-26)27-20-12-5-13-21-27/h2-21H,22H2,1H3,(H,30,31)/q+1. The first-order valence-electron chi connectivity index (χ1n) is 10.9. The van der Waals surface area contributed by atoms with Gasteiger partial charge in [-0.2, -0.15) is 0 Å². The second kappa shape index (κ2) is 8.94. The van der Waals surface area contributed by atoms with Gasteiger partial charge in [-0.3, -0.25) is 0 Å². The minimum absolute atomic E-state index is 0.846. The zero-order valence-electron chi connectivity index (χ0n) is 18.1. The molecular weight excluding hydrogens is 407 g/mol. The molecule has 1 aromatic heterocycles. The molecule has 4 aromatic carbocycles. The second-order valence-electron chi connectivity index (χ2n) is 8.00. The largest absolute Gasteiger partial charge is 0.342 e. The van der Waals surface area contributed by atoms with Crippen LogP contribution in [0, 0.1) is 6.92 Å². The molecule has 0 aliphatic carbocycles. The quantitative estimate of drug-likeness (QED) is 0.333. The van der Waals surface area contributed by atoms with Gasteiger partial charge < -0.3 is 4.98 Å². The van der Waals surface area contributed by atoms with E-state index in [0.29, 0.717) is 0 Å². The van der Waals surface area contributed by atoms with Crippen molar-refractivity contribution in [2.75, 3.05) is 0 Å². The minimum Gasteiger partial charge on any atom is -0.342 e. The maximum absolute atomic E-state index is 5.11. The SMILES string of the molecule is Cc1[nH]c(C[P+](c2ccccc2)(c2ccccc2)c2ccccc2)nc1-c1ccccc1. The molecular formula is C29H26N2P+. The van der Waals surface area contributed by atoms with Gasteiger partial charge in [-0.05, 0) is 43.3 Å². The summed E-state index contributed by atoms with van der Waals surface area (Å²) in [5.74, 6) is 1.03. The molecule has 5 aromatic rings. The van der Waals surface area contributed by atoms with Gasteiger partial charge in [0.1, 0.15) is 35.2 Å². The van der Waals surface area contributed by atoms with E-state index in [1.54, 1.807) is 0 Å². The minimum atomic E-state index is -1.97. The fourth-order valence-corrected chi connectivity index (χ4v) is 8.55. The molecule has 0 radical (unpaired) electrons. The van der Waals surface area contributed by atoms with Crippen LogP contribution in [0.5, 0.6) is 0 Å². The van der Waals surface area contributed by atoms with E-state index in [9.17, 15) is 0 Å².